The first-order chi connectivity index (χ1) is 10.5. The van der Waals surface area contributed by atoms with Gasteiger partial charge in [-0.3, -0.25) is 9.59 Å². The minimum Gasteiger partial charge on any atom is -0.375 e. The third-order valence-electron chi connectivity index (χ3n) is 4.22. The second kappa shape index (κ2) is 6.08. The van der Waals surface area contributed by atoms with E-state index in [1.54, 1.807) is 24.3 Å². The van der Waals surface area contributed by atoms with Crippen molar-refractivity contribution < 1.29 is 14.3 Å². The topological polar surface area (TPSA) is 58.6 Å². The lowest BCUT2D eigenvalue weighted by atomic mass is 10.1. The molecule has 5 heteroatoms. The minimum absolute atomic E-state index is 0.0164. The molecule has 0 bridgehead atoms. The van der Waals surface area contributed by atoms with Gasteiger partial charge >= 0.3 is 0 Å². The molecule has 0 aromatic heterocycles. The molecule has 1 aromatic rings. The van der Waals surface area contributed by atoms with Gasteiger partial charge in [0.25, 0.3) is 5.91 Å². The summed E-state index contributed by atoms with van der Waals surface area (Å²) in [4.78, 5) is 26.2. The molecule has 1 aliphatic carbocycles. The van der Waals surface area contributed by atoms with E-state index in [0.29, 0.717) is 18.7 Å². The minimum atomic E-state index is 0.0164. The van der Waals surface area contributed by atoms with Crippen molar-refractivity contribution in [2.24, 2.45) is 5.92 Å². The normalized spacial score (nSPS) is 24.9. The molecule has 5 nitrogen and oxygen atoms in total. The summed E-state index contributed by atoms with van der Waals surface area (Å²) >= 11 is 0. The molecular weight excluding hydrogens is 280 g/mol. The molecule has 2 fully saturated rings. The first-order valence-electron chi connectivity index (χ1n) is 7.88. The Morgan fingerprint density at radius 1 is 1.18 bits per heavy atom. The van der Waals surface area contributed by atoms with E-state index in [4.69, 9.17) is 4.74 Å². The Morgan fingerprint density at radius 3 is 2.50 bits per heavy atom. The molecular formula is C17H22N2O3. The van der Waals surface area contributed by atoms with Gasteiger partial charge in [0.1, 0.15) is 0 Å². The summed E-state index contributed by atoms with van der Waals surface area (Å²) in [5, 5.41) is 2.88. The van der Waals surface area contributed by atoms with Crippen molar-refractivity contribution in [3.8, 4) is 0 Å². The number of hydrogen-bond acceptors (Lipinski definition) is 3. The number of carbonyl (C=O) groups excluding carboxylic acids is 2. The van der Waals surface area contributed by atoms with Crippen molar-refractivity contribution in [2.75, 3.05) is 18.5 Å². The molecule has 1 N–H and O–H groups in total. The maximum absolute atomic E-state index is 12.6. The highest BCUT2D eigenvalue weighted by molar-refractivity contribution is 5.97. The van der Waals surface area contributed by atoms with Crippen LogP contribution in [0.2, 0.25) is 0 Å². The van der Waals surface area contributed by atoms with Crippen LogP contribution in [0.1, 0.15) is 37.0 Å². The van der Waals surface area contributed by atoms with E-state index in [9.17, 15) is 9.59 Å². The summed E-state index contributed by atoms with van der Waals surface area (Å²) in [5.74, 6) is 0.273. The van der Waals surface area contributed by atoms with Gasteiger partial charge in [-0.1, -0.05) is 0 Å². The number of morpholine rings is 1. The van der Waals surface area contributed by atoms with Crippen molar-refractivity contribution in [1.82, 2.24) is 4.90 Å². The number of hydrogen-bond donors (Lipinski definition) is 1. The smallest absolute Gasteiger partial charge is 0.254 e. The molecule has 1 saturated heterocycles. The lowest BCUT2D eigenvalue weighted by Gasteiger charge is -2.36. The Labute approximate surface area is 130 Å². The van der Waals surface area contributed by atoms with Crippen LogP contribution in [0, 0.1) is 5.92 Å². The van der Waals surface area contributed by atoms with Crippen molar-refractivity contribution in [2.45, 2.75) is 38.8 Å². The van der Waals surface area contributed by atoms with Crippen LogP contribution in [0.3, 0.4) is 0 Å². The van der Waals surface area contributed by atoms with Crippen LogP contribution in [0.4, 0.5) is 5.69 Å². The molecule has 2 unspecified atom stereocenters. The van der Waals surface area contributed by atoms with E-state index in [2.05, 4.69) is 5.32 Å². The van der Waals surface area contributed by atoms with Gasteiger partial charge in [0.2, 0.25) is 5.91 Å². The highest BCUT2D eigenvalue weighted by atomic mass is 16.5. The molecule has 1 aliphatic heterocycles. The molecule has 2 aliphatic rings. The van der Waals surface area contributed by atoms with Gasteiger partial charge in [0.15, 0.2) is 0 Å². The Hall–Kier alpha value is -1.88. The SMILES string of the molecule is CC1CN(C(=O)c2ccc(NC(=O)C3CC3)cc2)C(C)CO1. The van der Waals surface area contributed by atoms with Gasteiger partial charge in [0, 0.05) is 23.7 Å². The average Bonchev–Trinajstić information content (AvgIpc) is 3.34. The molecule has 118 valence electrons. The fourth-order valence-corrected chi connectivity index (χ4v) is 2.64. The van der Waals surface area contributed by atoms with Crippen molar-refractivity contribution in [3.63, 3.8) is 0 Å². The third-order valence-corrected chi connectivity index (χ3v) is 4.22. The summed E-state index contributed by atoms with van der Waals surface area (Å²) in [6.45, 7) is 5.15. The summed E-state index contributed by atoms with van der Waals surface area (Å²) in [6, 6.07) is 7.22. The molecule has 0 spiro atoms. The second-order valence-corrected chi connectivity index (χ2v) is 6.29. The van der Waals surface area contributed by atoms with Gasteiger partial charge in [-0.25, -0.2) is 0 Å². The van der Waals surface area contributed by atoms with Crippen molar-refractivity contribution >= 4 is 17.5 Å². The number of amides is 2. The maximum atomic E-state index is 12.6. The lowest BCUT2D eigenvalue weighted by molar-refractivity contribution is -0.117. The van der Waals surface area contributed by atoms with Crippen LogP contribution in [0.5, 0.6) is 0 Å². The Kier molecular flexibility index (Phi) is 4.16. The first-order valence-corrected chi connectivity index (χ1v) is 7.88. The van der Waals surface area contributed by atoms with E-state index >= 15 is 0 Å². The number of nitrogens with one attached hydrogen (secondary N) is 1. The maximum Gasteiger partial charge on any atom is 0.254 e. The monoisotopic (exact) mass is 302 g/mol. The van der Waals surface area contributed by atoms with Crippen LogP contribution in [-0.4, -0.2) is 42.0 Å². The highest BCUT2D eigenvalue weighted by Gasteiger charge is 2.30. The Balaban J connectivity index is 1.66. The quantitative estimate of drug-likeness (QED) is 0.932. The van der Waals surface area contributed by atoms with Crippen LogP contribution in [0.15, 0.2) is 24.3 Å². The third kappa shape index (κ3) is 3.30. The van der Waals surface area contributed by atoms with Gasteiger partial charge in [-0.05, 0) is 51.0 Å². The molecule has 0 radical (unpaired) electrons. The van der Waals surface area contributed by atoms with E-state index in [-0.39, 0.29) is 29.9 Å². The van der Waals surface area contributed by atoms with Gasteiger partial charge in [-0.2, -0.15) is 0 Å². The van der Waals surface area contributed by atoms with Crippen LogP contribution >= 0.6 is 0 Å². The fourth-order valence-electron chi connectivity index (χ4n) is 2.64. The Morgan fingerprint density at radius 2 is 1.86 bits per heavy atom. The predicted octanol–water partition coefficient (Wildman–Crippen LogP) is 2.28. The zero-order valence-corrected chi connectivity index (χ0v) is 13.0. The van der Waals surface area contributed by atoms with Crippen LogP contribution < -0.4 is 5.32 Å². The van der Waals surface area contributed by atoms with E-state index in [1.165, 1.54) is 0 Å². The van der Waals surface area contributed by atoms with Gasteiger partial charge < -0.3 is 15.0 Å². The van der Waals surface area contributed by atoms with Crippen molar-refractivity contribution in [3.05, 3.63) is 29.8 Å². The molecule has 1 saturated carbocycles. The highest BCUT2D eigenvalue weighted by Crippen LogP contribution is 2.30. The molecule has 3 rings (SSSR count). The van der Waals surface area contributed by atoms with E-state index in [0.717, 1.165) is 18.5 Å². The number of anilines is 1. The first kappa shape index (κ1) is 15.0. The number of nitrogens with zero attached hydrogens (tertiary/aromatic N) is 1. The lowest BCUT2D eigenvalue weighted by Crippen LogP contribution is -2.50. The number of rotatable bonds is 3. The fraction of sp³-hybridized carbons (Fsp3) is 0.529. The zero-order valence-electron chi connectivity index (χ0n) is 13.0. The van der Waals surface area contributed by atoms with E-state index in [1.807, 2.05) is 18.7 Å². The molecule has 22 heavy (non-hydrogen) atoms. The molecule has 1 aromatic carbocycles. The average molecular weight is 302 g/mol. The summed E-state index contributed by atoms with van der Waals surface area (Å²) < 4.78 is 5.56. The molecule has 2 atom stereocenters. The molecule has 2 amide bonds. The standard InChI is InChI=1S/C17H22N2O3/c1-11-10-22-12(2)9-19(11)17(21)14-5-7-15(8-6-14)18-16(20)13-3-4-13/h5-8,11-13H,3-4,9-10H2,1-2H3,(H,18,20). The Bertz CT molecular complexity index is 566. The molecule has 1 heterocycles. The second-order valence-electron chi connectivity index (χ2n) is 6.29. The van der Waals surface area contributed by atoms with Gasteiger partial charge in [-0.15, -0.1) is 0 Å². The predicted molar refractivity (Wildman–Crippen MR) is 83.7 cm³/mol. The summed E-state index contributed by atoms with van der Waals surface area (Å²) in [7, 11) is 0. The van der Waals surface area contributed by atoms with Crippen LogP contribution in [-0.2, 0) is 9.53 Å². The number of carbonyl (C=O) groups is 2. The summed E-state index contributed by atoms with van der Waals surface area (Å²) in [5.41, 5.74) is 1.39. The largest absolute Gasteiger partial charge is 0.375 e. The number of benzene rings is 1. The van der Waals surface area contributed by atoms with Crippen LogP contribution in [0.25, 0.3) is 0 Å². The number of ether oxygens (including phenoxy) is 1. The van der Waals surface area contributed by atoms with Crippen molar-refractivity contribution in [1.29, 1.82) is 0 Å². The summed E-state index contributed by atoms with van der Waals surface area (Å²) in [6.07, 6.45) is 2.03. The van der Waals surface area contributed by atoms with E-state index < -0.39 is 0 Å². The van der Waals surface area contributed by atoms with Gasteiger partial charge in [0.05, 0.1) is 18.8 Å². The zero-order chi connectivity index (χ0) is 15.7.